The zero-order valence-electron chi connectivity index (χ0n) is 16.3. The van der Waals surface area contributed by atoms with Crippen LogP contribution in [0.2, 0.25) is 0 Å². The summed E-state index contributed by atoms with van der Waals surface area (Å²) in [5, 5.41) is 0. The maximum atomic E-state index is 13.6. The second-order valence-electron chi connectivity index (χ2n) is 7.14. The number of nitrogens with zero attached hydrogens (tertiary/aromatic N) is 1. The molecule has 3 aromatic carbocycles. The number of aromatic nitrogens is 1. The fraction of sp³-hybridized carbons (Fsp3) is 0.120. The lowest BCUT2D eigenvalue weighted by molar-refractivity contribution is 0.585. The molecule has 0 aliphatic heterocycles. The summed E-state index contributed by atoms with van der Waals surface area (Å²) in [5.41, 5.74) is 4.58. The van der Waals surface area contributed by atoms with Gasteiger partial charge in [-0.3, -0.25) is 0 Å². The molecule has 0 unspecified atom stereocenters. The quantitative estimate of drug-likeness (QED) is 0.429. The Balaban J connectivity index is 1.80. The highest BCUT2D eigenvalue weighted by atomic mass is 32.2. The highest BCUT2D eigenvalue weighted by Gasteiger charge is 2.23. The van der Waals surface area contributed by atoms with Crippen molar-refractivity contribution in [2.45, 2.75) is 24.7 Å². The predicted octanol–water partition coefficient (Wildman–Crippen LogP) is 5.49. The number of aryl methyl sites for hydroxylation is 3. The molecular formula is C25H23NO2S. The third-order valence-electron chi connectivity index (χ3n) is 5.05. The summed E-state index contributed by atoms with van der Waals surface area (Å²) in [6.45, 7) is 1.95. The van der Waals surface area contributed by atoms with Crippen LogP contribution in [0.5, 0.6) is 0 Å². The lowest BCUT2D eigenvalue weighted by Gasteiger charge is -2.15. The number of benzene rings is 3. The number of hydrogen-bond acceptors (Lipinski definition) is 2. The first-order chi connectivity index (χ1) is 14.1. The SMILES string of the molecule is Cc1ccc(S(=O)(=O)n2c(CCc3ccccc3)ccc2-c2ccccc2)cc1. The van der Waals surface area contributed by atoms with Gasteiger partial charge in [-0.25, -0.2) is 12.4 Å². The Kier molecular flexibility index (Phi) is 5.36. The van der Waals surface area contributed by atoms with Crippen LogP contribution in [-0.2, 0) is 22.9 Å². The van der Waals surface area contributed by atoms with Gasteiger partial charge in [0.1, 0.15) is 0 Å². The molecule has 0 amide bonds. The maximum absolute atomic E-state index is 13.6. The smallest absolute Gasteiger partial charge is 0.238 e. The van der Waals surface area contributed by atoms with Crippen LogP contribution in [0.25, 0.3) is 11.3 Å². The first-order valence-corrected chi connectivity index (χ1v) is 11.1. The van der Waals surface area contributed by atoms with E-state index in [-0.39, 0.29) is 0 Å². The van der Waals surface area contributed by atoms with Crippen molar-refractivity contribution in [3.05, 3.63) is 114 Å². The van der Waals surface area contributed by atoms with Gasteiger partial charge in [-0.15, -0.1) is 0 Å². The molecule has 0 N–H and O–H groups in total. The van der Waals surface area contributed by atoms with E-state index in [9.17, 15) is 8.42 Å². The molecular weight excluding hydrogens is 378 g/mol. The van der Waals surface area contributed by atoms with Crippen molar-refractivity contribution in [1.82, 2.24) is 3.97 Å². The second kappa shape index (κ2) is 8.10. The monoisotopic (exact) mass is 401 g/mol. The van der Waals surface area contributed by atoms with Crippen molar-refractivity contribution in [3.8, 4) is 11.3 Å². The molecule has 0 aliphatic rings. The van der Waals surface area contributed by atoms with E-state index in [1.165, 1.54) is 9.54 Å². The molecule has 0 saturated carbocycles. The fourth-order valence-electron chi connectivity index (χ4n) is 3.49. The first kappa shape index (κ1) is 19.2. The minimum absolute atomic E-state index is 0.303. The molecule has 0 spiro atoms. The van der Waals surface area contributed by atoms with Crippen LogP contribution >= 0.6 is 0 Å². The average Bonchev–Trinajstić information content (AvgIpc) is 3.19. The van der Waals surface area contributed by atoms with E-state index in [1.54, 1.807) is 12.1 Å². The molecule has 3 nitrogen and oxygen atoms in total. The van der Waals surface area contributed by atoms with Crippen LogP contribution in [0.15, 0.2) is 102 Å². The third kappa shape index (κ3) is 4.03. The topological polar surface area (TPSA) is 39.1 Å². The minimum atomic E-state index is -3.71. The van der Waals surface area contributed by atoms with Crippen LogP contribution in [-0.4, -0.2) is 12.4 Å². The predicted molar refractivity (Wildman–Crippen MR) is 117 cm³/mol. The van der Waals surface area contributed by atoms with Crippen LogP contribution in [0.4, 0.5) is 0 Å². The molecule has 1 aromatic heterocycles. The highest BCUT2D eigenvalue weighted by molar-refractivity contribution is 7.90. The molecule has 0 atom stereocenters. The van der Waals surface area contributed by atoms with E-state index in [0.29, 0.717) is 17.0 Å². The molecule has 0 radical (unpaired) electrons. The Bertz CT molecular complexity index is 1190. The van der Waals surface area contributed by atoms with Crippen LogP contribution in [0.1, 0.15) is 16.8 Å². The molecule has 4 rings (SSSR count). The van der Waals surface area contributed by atoms with Gasteiger partial charge < -0.3 is 0 Å². The van der Waals surface area contributed by atoms with Crippen molar-refractivity contribution in [3.63, 3.8) is 0 Å². The van der Waals surface area contributed by atoms with Gasteiger partial charge in [0, 0.05) is 5.69 Å². The Hall–Kier alpha value is -3.11. The summed E-state index contributed by atoms with van der Waals surface area (Å²) in [6.07, 6.45) is 1.42. The number of rotatable bonds is 6. The second-order valence-corrected chi connectivity index (χ2v) is 8.93. The molecule has 4 aromatic rings. The zero-order valence-corrected chi connectivity index (χ0v) is 17.1. The molecule has 0 aliphatic carbocycles. The van der Waals surface area contributed by atoms with Gasteiger partial charge in [0.25, 0.3) is 10.0 Å². The van der Waals surface area contributed by atoms with Crippen molar-refractivity contribution in [1.29, 1.82) is 0 Å². The molecule has 4 heteroatoms. The van der Waals surface area contributed by atoms with E-state index < -0.39 is 10.0 Å². The number of hydrogen-bond donors (Lipinski definition) is 0. The largest absolute Gasteiger partial charge is 0.268 e. The van der Waals surface area contributed by atoms with Gasteiger partial charge in [0.2, 0.25) is 0 Å². The molecule has 0 bridgehead atoms. The highest BCUT2D eigenvalue weighted by Crippen LogP contribution is 2.28. The zero-order chi connectivity index (χ0) is 20.3. The normalized spacial score (nSPS) is 11.5. The lowest BCUT2D eigenvalue weighted by atomic mass is 10.1. The van der Waals surface area contributed by atoms with Crippen molar-refractivity contribution < 1.29 is 8.42 Å². The summed E-state index contributed by atoms with van der Waals surface area (Å²) in [4.78, 5) is 0.303. The fourth-order valence-corrected chi connectivity index (χ4v) is 5.07. The molecule has 0 saturated heterocycles. The lowest BCUT2D eigenvalue weighted by Crippen LogP contribution is -2.17. The third-order valence-corrected chi connectivity index (χ3v) is 6.83. The Labute approximate surface area is 172 Å². The van der Waals surface area contributed by atoms with E-state index in [4.69, 9.17) is 0 Å². The Morgan fingerprint density at radius 1 is 0.690 bits per heavy atom. The van der Waals surface area contributed by atoms with Gasteiger partial charge >= 0.3 is 0 Å². The summed E-state index contributed by atoms with van der Waals surface area (Å²) >= 11 is 0. The van der Waals surface area contributed by atoms with Crippen LogP contribution < -0.4 is 0 Å². The minimum Gasteiger partial charge on any atom is -0.238 e. The standard InChI is InChI=1S/C25H23NO2S/c1-20-12-17-24(18-13-20)29(27,28)26-23(15-14-21-8-4-2-5-9-21)16-19-25(26)22-10-6-3-7-11-22/h2-13,16-19H,14-15H2,1H3. The van der Waals surface area contributed by atoms with E-state index in [0.717, 1.165) is 23.2 Å². The molecule has 1 heterocycles. The Morgan fingerprint density at radius 3 is 1.97 bits per heavy atom. The summed E-state index contributed by atoms with van der Waals surface area (Å²) in [7, 11) is -3.71. The molecule has 0 fully saturated rings. The van der Waals surface area contributed by atoms with Crippen LogP contribution in [0.3, 0.4) is 0 Å². The van der Waals surface area contributed by atoms with E-state index in [1.807, 2.05) is 79.7 Å². The summed E-state index contributed by atoms with van der Waals surface area (Å²) in [6, 6.07) is 30.7. The van der Waals surface area contributed by atoms with Crippen LogP contribution in [0, 0.1) is 6.92 Å². The Morgan fingerprint density at radius 2 is 1.31 bits per heavy atom. The van der Waals surface area contributed by atoms with E-state index in [2.05, 4.69) is 12.1 Å². The maximum Gasteiger partial charge on any atom is 0.268 e. The van der Waals surface area contributed by atoms with Gasteiger partial charge in [-0.1, -0.05) is 78.4 Å². The van der Waals surface area contributed by atoms with Crippen molar-refractivity contribution in [2.24, 2.45) is 0 Å². The van der Waals surface area contributed by atoms with Crippen molar-refractivity contribution in [2.75, 3.05) is 0 Å². The molecule has 146 valence electrons. The van der Waals surface area contributed by atoms with Gasteiger partial charge in [0.05, 0.1) is 10.6 Å². The summed E-state index contributed by atoms with van der Waals surface area (Å²) in [5.74, 6) is 0. The van der Waals surface area contributed by atoms with E-state index >= 15 is 0 Å². The van der Waals surface area contributed by atoms with Crippen molar-refractivity contribution >= 4 is 10.0 Å². The average molecular weight is 402 g/mol. The van der Waals surface area contributed by atoms with Gasteiger partial charge in [-0.05, 0) is 55.2 Å². The van der Waals surface area contributed by atoms with Gasteiger partial charge in [-0.2, -0.15) is 0 Å². The summed E-state index contributed by atoms with van der Waals surface area (Å²) < 4.78 is 28.7. The molecule has 29 heavy (non-hydrogen) atoms. The first-order valence-electron chi connectivity index (χ1n) is 9.68. The van der Waals surface area contributed by atoms with Gasteiger partial charge in [0.15, 0.2) is 0 Å².